The molecule has 1 aliphatic heterocycles. The maximum Gasteiger partial charge on any atom is 0.121 e. The molecule has 1 N–H and O–H groups in total. The number of methoxy groups -OCH3 is 1. The molecule has 0 radical (unpaired) electrons. The molecule has 0 aliphatic carbocycles. The van der Waals surface area contributed by atoms with Gasteiger partial charge in [-0.3, -0.25) is 0 Å². The van der Waals surface area contributed by atoms with E-state index in [1.165, 1.54) is 24.3 Å². The fourth-order valence-electron chi connectivity index (χ4n) is 1.80. The Morgan fingerprint density at radius 1 is 1.38 bits per heavy atom. The van der Waals surface area contributed by atoms with Crippen LogP contribution in [0.15, 0.2) is 22.7 Å². The van der Waals surface area contributed by atoms with Crippen LogP contribution in [0, 0.1) is 0 Å². The third-order valence-corrected chi connectivity index (χ3v) is 4.49. The van der Waals surface area contributed by atoms with Gasteiger partial charge in [0.25, 0.3) is 0 Å². The molecule has 0 atom stereocenters. The topological polar surface area (TPSA) is 21.3 Å². The minimum absolute atomic E-state index is 0.602. The van der Waals surface area contributed by atoms with E-state index in [0.29, 0.717) is 6.04 Å². The summed E-state index contributed by atoms with van der Waals surface area (Å²) in [6.45, 7) is 0. The lowest BCUT2D eigenvalue weighted by atomic mass is 10.1. The van der Waals surface area contributed by atoms with Crippen molar-refractivity contribution in [3.8, 4) is 5.75 Å². The Labute approximate surface area is 109 Å². The van der Waals surface area contributed by atoms with E-state index >= 15 is 0 Å². The second-order valence-electron chi connectivity index (χ2n) is 3.88. The van der Waals surface area contributed by atoms with E-state index < -0.39 is 0 Å². The Balaban J connectivity index is 2.06. The van der Waals surface area contributed by atoms with Crippen molar-refractivity contribution in [3.63, 3.8) is 0 Å². The van der Waals surface area contributed by atoms with Gasteiger partial charge in [-0.15, -0.1) is 0 Å². The number of nitrogens with one attached hydrogen (secondary N) is 1. The Morgan fingerprint density at radius 3 is 2.81 bits per heavy atom. The van der Waals surface area contributed by atoms with Crippen LogP contribution in [0.5, 0.6) is 5.75 Å². The number of benzene rings is 1. The third kappa shape index (κ3) is 3.08. The Kier molecular flexibility index (Phi) is 4.41. The molecule has 0 aromatic heterocycles. The first-order chi connectivity index (χ1) is 7.79. The summed E-state index contributed by atoms with van der Waals surface area (Å²) in [5.41, 5.74) is 1.14. The fourth-order valence-corrected chi connectivity index (χ4v) is 3.27. The highest BCUT2D eigenvalue weighted by Crippen LogP contribution is 2.29. The summed E-state index contributed by atoms with van der Waals surface area (Å²) < 4.78 is 6.34. The Bertz CT molecular complexity index is 353. The maximum atomic E-state index is 5.23. The molecule has 0 unspecified atom stereocenters. The molecule has 16 heavy (non-hydrogen) atoms. The zero-order chi connectivity index (χ0) is 11.4. The van der Waals surface area contributed by atoms with Crippen molar-refractivity contribution in [3.05, 3.63) is 22.7 Å². The Hall–Kier alpha value is -0.350. The zero-order valence-electron chi connectivity index (χ0n) is 9.33. The van der Waals surface area contributed by atoms with Crippen LogP contribution in [0.3, 0.4) is 0 Å². The number of hydrogen-bond acceptors (Lipinski definition) is 3. The number of halogens is 1. The average molecular weight is 302 g/mol. The van der Waals surface area contributed by atoms with Gasteiger partial charge in [0.05, 0.1) is 12.8 Å². The normalized spacial score (nSPS) is 17.1. The van der Waals surface area contributed by atoms with Gasteiger partial charge in [-0.1, -0.05) is 0 Å². The molecule has 0 bridgehead atoms. The standard InChI is InChI=1S/C12H16BrNOS/c1-15-10-2-3-11(13)12(8-10)14-9-4-6-16-7-5-9/h2-3,8-9,14H,4-7H2,1H3. The molecule has 1 heterocycles. The van der Waals surface area contributed by atoms with Gasteiger partial charge in [-0.25, -0.2) is 0 Å². The lowest BCUT2D eigenvalue weighted by molar-refractivity contribution is 0.415. The molecule has 1 fully saturated rings. The van der Waals surface area contributed by atoms with Gasteiger partial charge in [0.15, 0.2) is 0 Å². The molecule has 2 nitrogen and oxygen atoms in total. The largest absolute Gasteiger partial charge is 0.497 e. The fraction of sp³-hybridized carbons (Fsp3) is 0.500. The predicted octanol–water partition coefficient (Wildman–Crippen LogP) is 3.77. The highest BCUT2D eigenvalue weighted by Gasteiger charge is 2.14. The van der Waals surface area contributed by atoms with Crippen molar-refractivity contribution in [2.45, 2.75) is 18.9 Å². The molecule has 1 aromatic rings. The number of anilines is 1. The molecule has 1 aromatic carbocycles. The summed E-state index contributed by atoms with van der Waals surface area (Å²) in [4.78, 5) is 0. The SMILES string of the molecule is COc1ccc(Br)c(NC2CCSCC2)c1. The lowest BCUT2D eigenvalue weighted by Gasteiger charge is -2.24. The van der Waals surface area contributed by atoms with Gasteiger partial charge >= 0.3 is 0 Å². The van der Waals surface area contributed by atoms with Gasteiger partial charge in [0, 0.05) is 16.6 Å². The third-order valence-electron chi connectivity index (χ3n) is 2.75. The number of thioether (sulfide) groups is 1. The van der Waals surface area contributed by atoms with Gasteiger partial charge in [-0.2, -0.15) is 11.8 Å². The number of hydrogen-bond donors (Lipinski definition) is 1. The first-order valence-corrected chi connectivity index (χ1v) is 7.42. The smallest absolute Gasteiger partial charge is 0.121 e. The van der Waals surface area contributed by atoms with E-state index in [2.05, 4.69) is 21.2 Å². The second kappa shape index (κ2) is 5.82. The summed E-state index contributed by atoms with van der Waals surface area (Å²) >= 11 is 5.61. The van der Waals surface area contributed by atoms with Crippen molar-refractivity contribution in [2.75, 3.05) is 23.9 Å². The molecule has 88 valence electrons. The van der Waals surface area contributed by atoms with E-state index in [9.17, 15) is 0 Å². The minimum atomic E-state index is 0.602. The monoisotopic (exact) mass is 301 g/mol. The van der Waals surface area contributed by atoms with Crippen molar-refractivity contribution in [2.24, 2.45) is 0 Å². The van der Waals surface area contributed by atoms with Crippen LogP contribution in [0.1, 0.15) is 12.8 Å². The molecule has 0 spiro atoms. The first kappa shape index (κ1) is 12.1. The lowest BCUT2D eigenvalue weighted by Crippen LogP contribution is -2.24. The molecule has 0 amide bonds. The molecule has 4 heteroatoms. The van der Waals surface area contributed by atoms with E-state index in [0.717, 1.165) is 15.9 Å². The highest BCUT2D eigenvalue weighted by atomic mass is 79.9. The van der Waals surface area contributed by atoms with Crippen molar-refractivity contribution < 1.29 is 4.74 Å². The summed E-state index contributed by atoms with van der Waals surface area (Å²) in [5.74, 6) is 3.43. The van der Waals surface area contributed by atoms with Crippen LogP contribution in [0.4, 0.5) is 5.69 Å². The van der Waals surface area contributed by atoms with Crippen molar-refractivity contribution in [1.82, 2.24) is 0 Å². The van der Waals surface area contributed by atoms with Crippen LogP contribution in [0.2, 0.25) is 0 Å². The van der Waals surface area contributed by atoms with Gasteiger partial charge in [-0.05, 0) is 52.4 Å². The number of ether oxygens (including phenoxy) is 1. The summed E-state index contributed by atoms with van der Waals surface area (Å²) in [6, 6.07) is 6.64. The maximum absolute atomic E-state index is 5.23. The molecule has 2 rings (SSSR count). The quantitative estimate of drug-likeness (QED) is 0.918. The minimum Gasteiger partial charge on any atom is -0.497 e. The van der Waals surface area contributed by atoms with Crippen LogP contribution in [-0.4, -0.2) is 24.7 Å². The molecule has 1 aliphatic rings. The van der Waals surface area contributed by atoms with E-state index in [-0.39, 0.29) is 0 Å². The van der Waals surface area contributed by atoms with E-state index in [1.807, 2.05) is 30.0 Å². The summed E-state index contributed by atoms with van der Waals surface area (Å²) in [5, 5.41) is 3.58. The Morgan fingerprint density at radius 2 is 2.12 bits per heavy atom. The molecular formula is C12H16BrNOS. The first-order valence-electron chi connectivity index (χ1n) is 5.47. The van der Waals surface area contributed by atoms with Crippen LogP contribution >= 0.6 is 27.7 Å². The van der Waals surface area contributed by atoms with Crippen molar-refractivity contribution in [1.29, 1.82) is 0 Å². The van der Waals surface area contributed by atoms with Crippen molar-refractivity contribution >= 4 is 33.4 Å². The van der Waals surface area contributed by atoms with Gasteiger partial charge in [0.1, 0.15) is 5.75 Å². The summed E-state index contributed by atoms with van der Waals surface area (Å²) in [6.07, 6.45) is 2.49. The summed E-state index contributed by atoms with van der Waals surface area (Å²) in [7, 11) is 1.70. The van der Waals surface area contributed by atoms with E-state index in [1.54, 1.807) is 7.11 Å². The average Bonchev–Trinajstić information content (AvgIpc) is 2.33. The zero-order valence-corrected chi connectivity index (χ0v) is 11.7. The highest BCUT2D eigenvalue weighted by molar-refractivity contribution is 9.10. The molecule has 0 saturated carbocycles. The van der Waals surface area contributed by atoms with Crippen LogP contribution < -0.4 is 10.1 Å². The second-order valence-corrected chi connectivity index (χ2v) is 5.96. The predicted molar refractivity (Wildman–Crippen MR) is 74.7 cm³/mol. The van der Waals surface area contributed by atoms with Crippen LogP contribution in [0.25, 0.3) is 0 Å². The van der Waals surface area contributed by atoms with Gasteiger partial charge < -0.3 is 10.1 Å². The van der Waals surface area contributed by atoms with E-state index in [4.69, 9.17) is 4.74 Å². The number of rotatable bonds is 3. The molecule has 1 saturated heterocycles. The van der Waals surface area contributed by atoms with Gasteiger partial charge in [0.2, 0.25) is 0 Å². The molecular weight excluding hydrogens is 286 g/mol. The van der Waals surface area contributed by atoms with Crippen LogP contribution in [-0.2, 0) is 0 Å².